The molecule has 1 heterocycles. The molecule has 0 spiro atoms. The minimum absolute atomic E-state index is 0.276. The number of halogens is 2. The first-order valence-electron chi connectivity index (χ1n) is 10.2. The Morgan fingerprint density at radius 3 is 1.62 bits per heavy atom. The Labute approximate surface area is 171 Å². The highest BCUT2D eigenvalue weighted by atomic mass is 19.1. The molecule has 0 amide bonds. The zero-order valence-corrected chi connectivity index (χ0v) is 16.4. The summed E-state index contributed by atoms with van der Waals surface area (Å²) >= 11 is 0. The molecule has 0 N–H and O–H groups in total. The van der Waals surface area contributed by atoms with Gasteiger partial charge in [-0.05, 0) is 37.1 Å². The van der Waals surface area contributed by atoms with Crippen LogP contribution in [0.15, 0.2) is 48.5 Å². The number of benzene rings is 2. The Bertz CT molecular complexity index is 900. The van der Waals surface area contributed by atoms with Gasteiger partial charge in [0, 0.05) is 12.1 Å². The molecule has 1 aliphatic carbocycles. The molecule has 2 atom stereocenters. The summed E-state index contributed by atoms with van der Waals surface area (Å²) in [6.07, 6.45) is 4.77. The average molecular weight is 390 g/mol. The van der Waals surface area contributed by atoms with Crippen LogP contribution in [0.5, 0.6) is 0 Å². The van der Waals surface area contributed by atoms with Crippen molar-refractivity contribution in [2.75, 3.05) is 19.8 Å². The minimum Gasteiger partial charge on any atom is -0.275 e. The van der Waals surface area contributed by atoms with E-state index in [1.165, 1.54) is 25.0 Å². The third-order valence-corrected chi connectivity index (χ3v) is 5.75. The fourth-order valence-corrected chi connectivity index (χ4v) is 4.32. The first kappa shape index (κ1) is 19.6. The van der Waals surface area contributed by atoms with Gasteiger partial charge in [-0.1, -0.05) is 60.8 Å². The van der Waals surface area contributed by atoms with Crippen molar-refractivity contribution in [1.82, 2.24) is 9.80 Å². The molecule has 1 saturated carbocycles. The van der Waals surface area contributed by atoms with Crippen LogP contribution in [0.25, 0.3) is 0 Å². The molecule has 4 heteroatoms. The average Bonchev–Trinajstić information content (AvgIpc) is 3.09. The summed E-state index contributed by atoms with van der Waals surface area (Å²) < 4.78 is 27.5. The smallest absolute Gasteiger partial charge is 0.138 e. The number of rotatable bonds is 2. The lowest BCUT2D eigenvalue weighted by atomic mass is 9.90. The molecule has 1 aliphatic heterocycles. The van der Waals surface area contributed by atoms with E-state index in [1.807, 2.05) is 0 Å². The van der Waals surface area contributed by atoms with Crippen LogP contribution in [0.1, 0.15) is 36.8 Å². The lowest BCUT2D eigenvalue weighted by molar-refractivity contribution is 0.219. The van der Waals surface area contributed by atoms with Crippen LogP contribution in [0.3, 0.4) is 0 Å². The van der Waals surface area contributed by atoms with Crippen LogP contribution in [0.2, 0.25) is 0 Å². The molecule has 0 radical (unpaired) electrons. The van der Waals surface area contributed by atoms with Gasteiger partial charge >= 0.3 is 0 Å². The summed E-state index contributed by atoms with van der Waals surface area (Å²) in [4.78, 5) is 4.75. The van der Waals surface area contributed by atoms with E-state index >= 15 is 0 Å². The highest BCUT2D eigenvalue weighted by molar-refractivity contribution is 5.36. The van der Waals surface area contributed by atoms with Crippen LogP contribution in [-0.4, -0.2) is 41.6 Å². The first-order valence-corrected chi connectivity index (χ1v) is 10.2. The van der Waals surface area contributed by atoms with Crippen LogP contribution in [0.4, 0.5) is 8.78 Å². The van der Waals surface area contributed by atoms with Gasteiger partial charge in [0.1, 0.15) is 11.6 Å². The van der Waals surface area contributed by atoms with Gasteiger partial charge in [0.2, 0.25) is 0 Å². The fraction of sp³-hybridized carbons (Fsp3) is 0.360. The summed E-state index contributed by atoms with van der Waals surface area (Å²) in [5, 5.41) is 0. The minimum atomic E-state index is -0.276. The monoisotopic (exact) mass is 390 g/mol. The molecule has 2 unspecified atom stereocenters. The number of nitrogens with zero attached hydrogens (tertiary/aromatic N) is 2. The van der Waals surface area contributed by atoms with Gasteiger partial charge in [0.25, 0.3) is 0 Å². The van der Waals surface area contributed by atoms with Crippen molar-refractivity contribution in [3.63, 3.8) is 0 Å². The van der Waals surface area contributed by atoms with E-state index in [0.29, 0.717) is 36.3 Å². The second-order valence-electron chi connectivity index (χ2n) is 7.62. The van der Waals surface area contributed by atoms with E-state index in [9.17, 15) is 8.78 Å². The Balaban J connectivity index is 1.43. The Morgan fingerprint density at radius 1 is 0.724 bits per heavy atom. The van der Waals surface area contributed by atoms with Crippen molar-refractivity contribution in [2.24, 2.45) is 0 Å². The highest BCUT2D eigenvalue weighted by Crippen LogP contribution is 2.32. The quantitative estimate of drug-likeness (QED) is 0.708. The van der Waals surface area contributed by atoms with E-state index < -0.39 is 0 Å². The SMILES string of the molecule is Fc1ccccc1C#CCN1CN(CC#Cc2ccccc2F)C2CCCCC21. The van der Waals surface area contributed by atoms with Gasteiger partial charge in [-0.2, -0.15) is 0 Å². The number of fused-ring (bicyclic) bond motifs is 1. The van der Waals surface area contributed by atoms with Crippen molar-refractivity contribution in [2.45, 2.75) is 37.8 Å². The molecular formula is C25H24F2N2. The van der Waals surface area contributed by atoms with Crippen molar-refractivity contribution >= 4 is 0 Å². The Kier molecular flexibility index (Phi) is 6.25. The number of hydrogen-bond acceptors (Lipinski definition) is 2. The van der Waals surface area contributed by atoms with E-state index in [0.717, 1.165) is 19.5 Å². The van der Waals surface area contributed by atoms with E-state index in [1.54, 1.807) is 36.4 Å². The lowest BCUT2D eigenvalue weighted by Crippen LogP contribution is -2.40. The molecule has 148 valence electrons. The topological polar surface area (TPSA) is 6.48 Å². The maximum Gasteiger partial charge on any atom is 0.138 e. The molecule has 2 aliphatic rings. The Hall–Kier alpha value is -2.66. The van der Waals surface area contributed by atoms with Gasteiger partial charge < -0.3 is 0 Å². The lowest BCUT2D eigenvalue weighted by Gasteiger charge is -2.31. The van der Waals surface area contributed by atoms with Crippen LogP contribution in [-0.2, 0) is 0 Å². The summed E-state index contributed by atoms with van der Waals surface area (Å²) in [6.45, 7) is 2.03. The standard InChI is InChI=1S/C25H24F2N2/c26-22-13-3-1-9-20(22)11-7-17-28-19-29(25-16-6-5-15-24(25)28)18-8-12-21-10-2-4-14-23(21)27/h1-4,9-10,13-14,24-25H,5-6,15-19H2. The summed E-state index contributed by atoms with van der Waals surface area (Å²) in [6, 6.07) is 14.2. The molecule has 4 rings (SSSR count). The molecule has 2 nitrogen and oxygen atoms in total. The summed E-state index contributed by atoms with van der Waals surface area (Å²) in [5.41, 5.74) is 0.888. The second-order valence-corrected chi connectivity index (χ2v) is 7.62. The molecule has 0 bridgehead atoms. The summed E-state index contributed by atoms with van der Waals surface area (Å²) in [7, 11) is 0. The van der Waals surface area contributed by atoms with Crippen molar-refractivity contribution < 1.29 is 8.78 Å². The molecular weight excluding hydrogens is 366 g/mol. The van der Waals surface area contributed by atoms with Crippen molar-refractivity contribution in [1.29, 1.82) is 0 Å². The predicted molar refractivity (Wildman–Crippen MR) is 111 cm³/mol. The molecule has 2 aromatic carbocycles. The van der Waals surface area contributed by atoms with E-state index in [2.05, 4.69) is 33.5 Å². The van der Waals surface area contributed by atoms with Gasteiger partial charge in [0.05, 0.1) is 30.9 Å². The fourth-order valence-electron chi connectivity index (χ4n) is 4.32. The molecule has 2 fully saturated rings. The maximum atomic E-state index is 13.8. The normalized spacial score (nSPS) is 21.6. The number of hydrogen-bond donors (Lipinski definition) is 0. The first-order chi connectivity index (χ1) is 14.2. The molecule has 29 heavy (non-hydrogen) atoms. The third kappa shape index (κ3) is 4.67. The third-order valence-electron chi connectivity index (χ3n) is 5.75. The van der Waals surface area contributed by atoms with Gasteiger partial charge in [0.15, 0.2) is 0 Å². The van der Waals surface area contributed by atoms with Gasteiger partial charge in [-0.25, -0.2) is 8.78 Å². The van der Waals surface area contributed by atoms with E-state index in [4.69, 9.17) is 0 Å². The molecule has 1 saturated heterocycles. The molecule has 0 aromatic heterocycles. The molecule has 2 aromatic rings. The van der Waals surface area contributed by atoms with Crippen LogP contribution >= 0.6 is 0 Å². The van der Waals surface area contributed by atoms with Crippen LogP contribution < -0.4 is 0 Å². The summed E-state index contributed by atoms with van der Waals surface area (Å²) in [5.74, 6) is 11.7. The van der Waals surface area contributed by atoms with Gasteiger partial charge in [-0.3, -0.25) is 9.80 Å². The van der Waals surface area contributed by atoms with Gasteiger partial charge in [-0.15, -0.1) is 0 Å². The maximum absolute atomic E-state index is 13.8. The van der Waals surface area contributed by atoms with E-state index in [-0.39, 0.29) is 11.6 Å². The largest absolute Gasteiger partial charge is 0.275 e. The van der Waals surface area contributed by atoms with Crippen molar-refractivity contribution in [3.8, 4) is 23.7 Å². The highest BCUT2D eigenvalue weighted by Gasteiger charge is 2.40. The predicted octanol–water partition coefficient (Wildman–Crippen LogP) is 4.25. The Morgan fingerprint density at radius 2 is 1.17 bits per heavy atom. The zero-order chi connectivity index (χ0) is 20.1. The zero-order valence-electron chi connectivity index (χ0n) is 16.4. The van der Waals surface area contributed by atoms with Crippen LogP contribution in [0, 0.1) is 35.3 Å². The van der Waals surface area contributed by atoms with Crippen molar-refractivity contribution in [3.05, 3.63) is 71.3 Å². The second kappa shape index (κ2) is 9.23.